The molecule has 0 aromatic heterocycles. The lowest BCUT2D eigenvalue weighted by Gasteiger charge is -2.36. The predicted octanol–water partition coefficient (Wildman–Crippen LogP) is 5.52. The second-order valence-electron chi connectivity index (χ2n) is 8.27. The summed E-state index contributed by atoms with van der Waals surface area (Å²) in [5.41, 5.74) is 0. The van der Waals surface area contributed by atoms with Gasteiger partial charge in [0.15, 0.2) is 8.32 Å². The van der Waals surface area contributed by atoms with Crippen LogP contribution in [0.25, 0.3) is 0 Å². The maximum Gasteiger partial charge on any atom is 0.184 e. The fourth-order valence-electron chi connectivity index (χ4n) is 3.01. The lowest BCUT2D eigenvalue weighted by atomic mass is 9.84. The van der Waals surface area contributed by atoms with Crippen LogP contribution in [0, 0.1) is 5.92 Å². The normalized spacial score (nSPS) is 26.3. The molecule has 3 heteroatoms. The average Bonchev–Trinajstić information content (AvgIpc) is 2.16. The summed E-state index contributed by atoms with van der Waals surface area (Å²) in [4.78, 5) is 0. The van der Waals surface area contributed by atoms with Crippen molar-refractivity contribution >= 4 is 16.4 Å². The van der Waals surface area contributed by atoms with E-state index in [-0.39, 0.29) is 0 Å². The van der Waals surface area contributed by atoms with Crippen LogP contribution < -0.4 is 0 Å². The third kappa shape index (κ3) is 7.10. The summed E-state index contributed by atoms with van der Waals surface area (Å²) in [5.74, 6) is 0.863. The van der Waals surface area contributed by atoms with Crippen molar-refractivity contribution in [3.63, 3.8) is 0 Å². The van der Waals surface area contributed by atoms with E-state index < -0.39 is 16.4 Å². The monoisotopic (exact) mass is 286 g/mol. The van der Waals surface area contributed by atoms with Gasteiger partial charge in [-0.05, 0) is 44.8 Å². The largest absolute Gasteiger partial charge is 0.414 e. The molecule has 0 aromatic carbocycles. The van der Waals surface area contributed by atoms with Gasteiger partial charge in [0.05, 0.1) is 0 Å². The summed E-state index contributed by atoms with van der Waals surface area (Å²) in [6, 6.07) is 1.49. The minimum Gasteiger partial charge on any atom is -0.414 e. The molecule has 0 aliphatic heterocycles. The molecular formula is C15H34OSi2. The zero-order valence-electron chi connectivity index (χ0n) is 13.5. The van der Waals surface area contributed by atoms with Gasteiger partial charge in [-0.25, -0.2) is 0 Å². The van der Waals surface area contributed by atoms with Gasteiger partial charge in [0.2, 0.25) is 0 Å². The summed E-state index contributed by atoms with van der Waals surface area (Å²) in [7, 11) is -2.20. The molecule has 1 aliphatic carbocycles. The molecule has 0 N–H and O–H groups in total. The fraction of sp³-hybridized carbons (Fsp3) is 1.00. The second-order valence-corrected chi connectivity index (χ2v) is 18.3. The average molecular weight is 287 g/mol. The summed E-state index contributed by atoms with van der Waals surface area (Å²) in [5, 5.41) is 0. The van der Waals surface area contributed by atoms with Crippen LogP contribution in [0.4, 0.5) is 0 Å². The topological polar surface area (TPSA) is 9.23 Å². The van der Waals surface area contributed by atoms with Crippen LogP contribution in [0.3, 0.4) is 0 Å². The van der Waals surface area contributed by atoms with Crippen LogP contribution in [0.1, 0.15) is 38.5 Å². The Hall–Kier alpha value is 0.394. The molecule has 2 atom stereocenters. The third-order valence-electron chi connectivity index (χ3n) is 3.85. The van der Waals surface area contributed by atoms with Crippen molar-refractivity contribution in [1.82, 2.24) is 0 Å². The van der Waals surface area contributed by atoms with Crippen molar-refractivity contribution < 1.29 is 4.43 Å². The molecule has 0 spiro atoms. The standard InChI is InChI=1S/C15H34OSi2/c1-17(2,3)13-9-11-14-10-7-8-12-15(14)16-18(4,5)6/h14-15H,7-13H2,1-6H3/t14-,15+/m0/s1. The Balaban J connectivity index is 2.40. The maximum atomic E-state index is 6.42. The minimum atomic E-state index is -1.35. The van der Waals surface area contributed by atoms with E-state index in [0.29, 0.717) is 6.10 Å². The van der Waals surface area contributed by atoms with Crippen molar-refractivity contribution in [3.05, 3.63) is 0 Å². The Morgan fingerprint density at radius 1 is 0.944 bits per heavy atom. The highest BCUT2D eigenvalue weighted by Gasteiger charge is 2.30. The molecule has 1 saturated carbocycles. The van der Waals surface area contributed by atoms with E-state index in [9.17, 15) is 0 Å². The zero-order chi connectivity index (χ0) is 13.8. The van der Waals surface area contributed by atoms with Crippen LogP contribution in [0.15, 0.2) is 0 Å². The van der Waals surface area contributed by atoms with Gasteiger partial charge in [0, 0.05) is 14.2 Å². The Bertz CT molecular complexity index is 240. The molecule has 18 heavy (non-hydrogen) atoms. The van der Waals surface area contributed by atoms with Gasteiger partial charge >= 0.3 is 0 Å². The molecule has 0 saturated heterocycles. The Morgan fingerprint density at radius 2 is 1.56 bits per heavy atom. The van der Waals surface area contributed by atoms with E-state index in [1.807, 2.05) is 0 Å². The summed E-state index contributed by atoms with van der Waals surface area (Å²) >= 11 is 0. The van der Waals surface area contributed by atoms with Crippen molar-refractivity contribution in [2.24, 2.45) is 5.92 Å². The van der Waals surface area contributed by atoms with Crippen LogP contribution in [0.2, 0.25) is 45.3 Å². The van der Waals surface area contributed by atoms with Crippen LogP contribution in [-0.4, -0.2) is 22.5 Å². The molecule has 0 amide bonds. The summed E-state index contributed by atoms with van der Waals surface area (Å²) in [6.07, 6.45) is 9.00. The van der Waals surface area contributed by atoms with Gasteiger partial charge in [-0.15, -0.1) is 0 Å². The second kappa shape index (κ2) is 6.71. The smallest absolute Gasteiger partial charge is 0.184 e. The Labute approximate surface area is 117 Å². The van der Waals surface area contributed by atoms with Gasteiger partial charge in [-0.3, -0.25) is 0 Å². The van der Waals surface area contributed by atoms with Gasteiger partial charge in [-0.1, -0.05) is 44.9 Å². The van der Waals surface area contributed by atoms with Crippen LogP contribution in [0.5, 0.6) is 0 Å². The lowest BCUT2D eigenvalue weighted by Crippen LogP contribution is -2.38. The molecule has 108 valence electrons. The van der Waals surface area contributed by atoms with Crippen LogP contribution in [-0.2, 0) is 4.43 Å². The van der Waals surface area contributed by atoms with E-state index in [1.54, 1.807) is 0 Å². The quantitative estimate of drug-likeness (QED) is 0.585. The maximum absolute atomic E-state index is 6.42. The van der Waals surface area contributed by atoms with Gasteiger partial charge in [0.25, 0.3) is 0 Å². The molecule has 1 nitrogen and oxygen atoms in total. The zero-order valence-corrected chi connectivity index (χ0v) is 15.5. The van der Waals surface area contributed by atoms with Gasteiger partial charge in [0.1, 0.15) is 0 Å². The molecule has 0 heterocycles. The van der Waals surface area contributed by atoms with E-state index in [1.165, 1.54) is 44.6 Å². The van der Waals surface area contributed by atoms with Crippen molar-refractivity contribution in [2.45, 2.75) is 90.0 Å². The van der Waals surface area contributed by atoms with Crippen molar-refractivity contribution in [2.75, 3.05) is 0 Å². The lowest BCUT2D eigenvalue weighted by molar-refractivity contribution is 0.0807. The molecule has 0 unspecified atom stereocenters. The van der Waals surface area contributed by atoms with Gasteiger partial charge < -0.3 is 4.43 Å². The van der Waals surface area contributed by atoms with E-state index >= 15 is 0 Å². The third-order valence-corrected chi connectivity index (χ3v) is 6.71. The highest BCUT2D eigenvalue weighted by atomic mass is 28.4. The highest BCUT2D eigenvalue weighted by molar-refractivity contribution is 6.76. The first kappa shape index (κ1) is 16.4. The Morgan fingerprint density at radius 3 is 2.11 bits per heavy atom. The number of rotatable bonds is 6. The fourth-order valence-corrected chi connectivity index (χ4v) is 5.49. The molecule has 0 aromatic rings. The molecule has 1 rings (SSSR count). The number of hydrogen-bond acceptors (Lipinski definition) is 1. The first-order valence-electron chi connectivity index (χ1n) is 7.85. The van der Waals surface area contributed by atoms with E-state index in [4.69, 9.17) is 4.43 Å². The minimum absolute atomic E-state index is 0.590. The highest BCUT2D eigenvalue weighted by Crippen LogP contribution is 2.33. The number of hydrogen-bond donors (Lipinski definition) is 0. The predicted molar refractivity (Wildman–Crippen MR) is 87.6 cm³/mol. The summed E-state index contributed by atoms with van der Waals surface area (Å²) < 4.78 is 6.42. The molecule has 1 fully saturated rings. The first-order valence-corrected chi connectivity index (χ1v) is 15.0. The van der Waals surface area contributed by atoms with E-state index in [2.05, 4.69) is 39.3 Å². The molecular weight excluding hydrogens is 252 g/mol. The van der Waals surface area contributed by atoms with Crippen molar-refractivity contribution in [3.8, 4) is 0 Å². The molecule has 0 bridgehead atoms. The molecule has 1 aliphatic rings. The van der Waals surface area contributed by atoms with Crippen LogP contribution >= 0.6 is 0 Å². The molecule has 0 radical (unpaired) electrons. The van der Waals surface area contributed by atoms with Crippen molar-refractivity contribution in [1.29, 1.82) is 0 Å². The SMILES string of the molecule is C[Si](C)(C)CCC[C@@H]1CCCC[C@H]1O[Si](C)(C)C. The summed E-state index contributed by atoms with van der Waals surface area (Å²) in [6.45, 7) is 14.5. The van der Waals surface area contributed by atoms with Gasteiger partial charge in [-0.2, -0.15) is 0 Å². The first-order chi connectivity index (χ1) is 8.17. The van der Waals surface area contributed by atoms with E-state index in [0.717, 1.165) is 5.92 Å². The Kier molecular flexibility index (Phi) is 6.13.